The quantitative estimate of drug-likeness (QED) is 0.765. The molecule has 1 aromatic heterocycles. The zero-order chi connectivity index (χ0) is 19.2. The number of aromatic nitrogens is 3. The molecule has 11 heteroatoms. The number of halogens is 3. The molecular weight excluding hydrogens is 357 g/mol. The third-order valence-electron chi connectivity index (χ3n) is 4.33. The Morgan fingerprint density at radius 3 is 2.50 bits per heavy atom. The van der Waals surface area contributed by atoms with Crippen molar-refractivity contribution in [1.82, 2.24) is 20.3 Å². The minimum atomic E-state index is -4.68. The Morgan fingerprint density at radius 1 is 1.27 bits per heavy atom. The maximum atomic E-state index is 11.9. The monoisotopic (exact) mass is 378 g/mol. The summed E-state index contributed by atoms with van der Waals surface area (Å²) >= 11 is 0. The van der Waals surface area contributed by atoms with Gasteiger partial charge in [-0.3, -0.25) is 4.74 Å². The van der Waals surface area contributed by atoms with Crippen LogP contribution >= 0.6 is 0 Å². The maximum absolute atomic E-state index is 11.9. The third kappa shape index (κ3) is 4.02. The van der Waals surface area contributed by atoms with Crippen molar-refractivity contribution >= 4 is 6.09 Å². The van der Waals surface area contributed by atoms with Crippen molar-refractivity contribution in [2.75, 3.05) is 13.2 Å². The number of carbonyl (C=O) groups excluding carboxylic acids is 1. The summed E-state index contributed by atoms with van der Waals surface area (Å²) in [6, 6.07) is 0. The van der Waals surface area contributed by atoms with E-state index in [1.165, 1.54) is 0 Å². The van der Waals surface area contributed by atoms with Crippen LogP contribution in [0, 0.1) is 0 Å². The predicted molar refractivity (Wildman–Crippen MR) is 81.4 cm³/mol. The minimum absolute atomic E-state index is 0.134. The lowest BCUT2D eigenvalue weighted by Gasteiger charge is -2.69. The molecule has 1 aromatic rings. The van der Waals surface area contributed by atoms with E-state index in [2.05, 4.69) is 20.4 Å². The molecule has 3 saturated carbocycles. The average Bonchev–Trinajstić information content (AvgIpc) is 2.82. The normalized spacial score (nSPS) is 27.3. The van der Waals surface area contributed by atoms with Crippen LogP contribution in [0.25, 0.3) is 0 Å². The minimum Gasteiger partial charge on any atom is -0.473 e. The van der Waals surface area contributed by atoms with Gasteiger partial charge >= 0.3 is 12.5 Å². The number of hydrogen-bond donors (Lipinski definition) is 1. The van der Waals surface area contributed by atoms with Crippen molar-refractivity contribution in [3.05, 3.63) is 6.20 Å². The number of amides is 1. The van der Waals surface area contributed by atoms with E-state index in [0.29, 0.717) is 19.3 Å². The molecule has 1 amide bonds. The van der Waals surface area contributed by atoms with Gasteiger partial charge in [-0.15, -0.1) is 13.2 Å². The first-order chi connectivity index (χ1) is 11.9. The van der Waals surface area contributed by atoms with E-state index in [9.17, 15) is 18.0 Å². The van der Waals surface area contributed by atoms with Gasteiger partial charge in [0.2, 0.25) is 0 Å². The van der Waals surface area contributed by atoms with Gasteiger partial charge in [0.1, 0.15) is 12.2 Å². The van der Waals surface area contributed by atoms with Gasteiger partial charge in [-0.25, -0.2) is 9.48 Å². The molecule has 146 valence electrons. The van der Waals surface area contributed by atoms with Crippen LogP contribution in [0.4, 0.5) is 18.0 Å². The van der Waals surface area contributed by atoms with Crippen LogP contribution in [0.1, 0.15) is 40.0 Å². The molecule has 0 radical (unpaired) electrons. The molecule has 0 atom stereocenters. The van der Waals surface area contributed by atoms with Crippen LogP contribution in [-0.2, 0) is 15.0 Å². The molecule has 3 aliphatic rings. The SMILES string of the molecule is CC(C)(C)OC(=O)NC12CC(n3cc(OCCOC(F)(F)F)nn3)(C1)C2. The van der Waals surface area contributed by atoms with E-state index in [1.807, 2.05) is 0 Å². The first-order valence-electron chi connectivity index (χ1n) is 8.18. The second-order valence-corrected chi connectivity index (χ2v) is 7.81. The summed E-state index contributed by atoms with van der Waals surface area (Å²) in [5.41, 5.74) is -1.07. The first kappa shape index (κ1) is 18.7. The topological polar surface area (TPSA) is 87.5 Å². The number of nitrogens with zero attached hydrogens (tertiary/aromatic N) is 3. The fourth-order valence-electron chi connectivity index (χ4n) is 3.48. The van der Waals surface area contributed by atoms with Crippen molar-refractivity contribution in [3.63, 3.8) is 0 Å². The standard InChI is InChI=1S/C15H21F3N4O4/c1-12(2,3)26-11(23)19-13-7-14(8-13,9-13)22-6-10(20-21-22)24-4-5-25-15(16,17)18/h6H,4-5,7-9H2,1-3H3,(H,19,23). The van der Waals surface area contributed by atoms with Gasteiger partial charge in [-0.1, -0.05) is 10.3 Å². The fourth-order valence-corrected chi connectivity index (χ4v) is 3.48. The highest BCUT2D eigenvalue weighted by Crippen LogP contribution is 2.65. The molecule has 2 bridgehead atoms. The third-order valence-corrected chi connectivity index (χ3v) is 4.33. The van der Waals surface area contributed by atoms with Gasteiger partial charge in [0, 0.05) is 0 Å². The lowest BCUT2D eigenvalue weighted by Crippen LogP contribution is -2.79. The average molecular weight is 378 g/mol. The maximum Gasteiger partial charge on any atom is 0.522 e. The Labute approximate surface area is 148 Å². The molecule has 0 aliphatic heterocycles. The number of rotatable bonds is 6. The zero-order valence-electron chi connectivity index (χ0n) is 14.7. The first-order valence-corrected chi connectivity index (χ1v) is 8.18. The summed E-state index contributed by atoms with van der Waals surface area (Å²) in [7, 11) is 0. The number of carbonyl (C=O) groups is 1. The summed E-state index contributed by atoms with van der Waals surface area (Å²) in [5.74, 6) is 0.134. The van der Waals surface area contributed by atoms with E-state index in [0.717, 1.165) is 0 Å². The lowest BCUT2D eigenvalue weighted by molar-refractivity contribution is -0.325. The Hall–Kier alpha value is -2.04. The highest BCUT2D eigenvalue weighted by molar-refractivity contribution is 5.70. The molecular formula is C15H21F3N4O4. The summed E-state index contributed by atoms with van der Waals surface area (Å²) in [4.78, 5) is 11.9. The number of nitrogens with one attached hydrogen (secondary N) is 1. The van der Waals surface area contributed by atoms with E-state index in [4.69, 9.17) is 9.47 Å². The predicted octanol–water partition coefficient (Wildman–Crippen LogP) is 2.35. The highest BCUT2D eigenvalue weighted by atomic mass is 19.4. The lowest BCUT2D eigenvalue weighted by atomic mass is 9.44. The van der Waals surface area contributed by atoms with E-state index < -0.39 is 24.7 Å². The molecule has 4 rings (SSSR count). The molecule has 3 aliphatic carbocycles. The van der Waals surface area contributed by atoms with Crippen LogP contribution < -0.4 is 10.1 Å². The molecule has 26 heavy (non-hydrogen) atoms. The molecule has 0 aromatic carbocycles. The Morgan fingerprint density at radius 2 is 1.92 bits per heavy atom. The molecule has 3 fully saturated rings. The number of hydrogen-bond acceptors (Lipinski definition) is 6. The van der Waals surface area contributed by atoms with Gasteiger partial charge < -0.3 is 14.8 Å². The molecule has 0 unspecified atom stereocenters. The smallest absolute Gasteiger partial charge is 0.473 e. The molecule has 0 spiro atoms. The number of ether oxygens (including phenoxy) is 3. The molecule has 1 heterocycles. The van der Waals surface area contributed by atoms with E-state index in [-0.39, 0.29) is 23.6 Å². The van der Waals surface area contributed by atoms with Gasteiger partial charge in [0.05, 0.1) is 23.9 Å². The van der Waals surface area contributed by atoms with Crippen LogP contribution in [0.5, 0.6) is 5.88 Å². The molecule has 8 nitrogen and oxygen atoms in total. The van der Waals surface area contributed by atoms with Crippen molar-refractivity contribution < 1.29 is 32.2 Å². The summed E-state index contributed by atoms with van der Waals surface area (Å²) in [5, 5.41) is 10.7. The van der Waals surface area contributed by atoms with E-state index >= 15 is 0 Å². The van der Waals surface area contributed by atoms with Crippen molar-refractivity contribution in [2.45, 2.75) is 63.1 Å². The van der Waals surface area contributed by atoms with Gasteiger partial charge in [-0.2, -0.15) is 0 Å². The molecule has 0 saturated heterocycles. The van der Waals surface area contributed by atoms with E-state index in [1.54, 1.807) is 31.6 Å². The second kappa shape index (κ2) is 6.00. The van der Waals surface area contributed by atoms with Crippen molar-refractivity contribution in [1.29, 1.82) is 0 Å². The summed E-state index contributed by atoms with van der Waals surface area (Å²) < 4.78 is 51.2. The summed E-state index contributed by atoms with van der Waals surface area (Å²) in [6.07, 6.45) is -1.50. The van der Waals surface area contributed by atoms with Crippen molar-refractivity contribution in [2.24, 2.45) is 0 Å². The Kier molecular flexibility index (Phi) is 4.32. The van der Waals surface area contributed by atoms with Gasteiger partial charge in [0.15, 0.2) is 0 Å². The van der Waals surface area contributed by atoms with Crippen LogP contribution in [0.2, 0.25) is 0 Å². The van der Waals surface area contributed by atoms with Gasteiger partial charge in [-0.05, 0) is 40.0 Å². The second-order valence-electron chi connectivity index (χ2n) is 7.81. The molecule has 1 N–H and O–H groups in total. The Balaban J connectivity index is 1.44. The van der Waals surface area contributed by atoms with Crippen molar-refractivity contribution in [3.8, 4) is 5.88 Å². The zero-order valence-corrected chi connectivity index (χ0v) is 14.7. The van der Waals surface area contributed by atoms with Crippen LogP contribution in [0.15, 0.2) is 6.20 Å². The van der Waals surface area contributed by atoms with Gasteiger partial charge in [0.25, 0.3) is 5.88 Å². The van der Waals surface area contributed by atoms with Crippen LogP contribution in [0.3, 0.4) is 0 Å². The number of alkyl halides is 3. The largest absolute Gasteiger partial charge is 0.522 e. The van der Waals surface area contributed by atoms with Crippen LogP contribution in [-0.4, -0.2) is 51.8 Å². The summed E-state index contributed by atoms with van der Waals surface area (Å²) in [6.45, 7) is 4.49. The Bertz CT molecular complexity index is 663. The number of alkyl carbamates (subject to hydrolysis) is 1. The highest BCUT2D eigenvalue weighted by Gasteiger charge is 2.70. The fraction of sp³-hybridized carbons (Fsp3) is 0.800.